The molecule has 0 fully saturated rings. The van der Waals surface area contributed by atoms with Crippen molar-refractivity contribution in [3.63, 3.8) is 0 Å². The molecule has 136 valence electrons. The van der Waals surface area contributed by atoms with Crippen LogP contribution in [0.1, 0.15) is 21.8 Å². The molecule has 0 saturated carbocycles. The van der Waals surface area contributed by atoms with Gasteiger partial charge in [-0.2, -0.15) is 0 Å². The SMILES string of the molecule is Cc1cc(CSc2ccccc2C(=O)Nc2ccc3oc(=O)[nH]c3c2)on1. The molecule has 0 spiro atoms. The molecular weight excluding hydrogens is 366 g/mol. The van der Waals surface area contributed by atoms with Crippen LogP contribution in [0.2, 0.25) is 0 Å². The number of rotatable bonds is 5. The highest BCUT2D eigenvalue weighted by atomic mass is 32.2. The van der Waals surface area contributed by atoms with Gasteiger partial charge in [-0.15, -0.1) is 11.8 Å². The van der Waals surface area contributed by atoms with Gasteiger partial charge in [-0.05, 0) is 37.3 Å². The Labute approximate surface area is 157 Å². The number of aromatic amines is 1. The van der Waals surface area contributed by atoms with Crippen molar-refractivity contribution in [3.05, 3.63) is 76.1 Å². The number of hydrogen-bond donors (Lipinski definition) is 2. The molecule has 2 N–H and O–H groups in total. The normalized spacial score (nSPS) is 11.0. The molecule has 0 atom stereocenters. The quantitative estimate of drug-likeness (QED) is 0.508. The largest absolute Gasteiger partial charge is 0.417 e. The second kappa shape index (κ2) is 7.16. The summed E-state index contributed by atoms with van der Waals surface area (Å²) in [6.45, 7) is 1.86. The minimum atomic E-state index is -0.530. The average Bonchev–Trinajstić information content (AvgIpc) is 3.24. The third-order valence-corrected chi connectivity index (χ3v) is 4.95. The summed E-state index contributed by atoms with van der Waals surface area (Å²) in [4.78, 5) is 27.4. The Morgan fingerprint density at radius 1 is 1.22 bits per heavy atom. The molecule has 7 nitrogen and oxygen atoms in total. The highest BCUT2D eigenvalue weighted by molar-refractivity contribution is 7.98. The standard InChI is InChI=1S/C19H15N3O4S/c1-11-8-13(26-22-11)10-27-17-5-3-2-4-14(17)18(23)20-12-6-7-16-15(9-12)21-19(24)25-16/h2-9H,10H2,1H3,(H,20,23)(H,21,24). The van der Waals surface area contributed by atoms with E-state index in [1.165, 1.54) is 11.8 Å². The molecule has 2 aromatic carbocycles. The van der Waals surface area contributed by atoms with Crippen LogP contribution in [0.4, 0.5) is 5.69 Å². The number of fused-ring (bicyclic) bond motifs is 1. The lowest BCUT2D eigenvalue weighted by molar-refractivity contribution is 0.102. The lowest BCUT2D eigenvalue weighted by Gasteiger charge is -2.09. The maximum absolute atomic E-state index is 12.7. The number of carbonyl (C=O) groups is 1. The summed E-state index contributed by atoms with van der Waals surface area (Å²) >= 11 is 1.50. The van der Waals surface area contributed by atoms with Crippen LogP contribution in [0.25, 0.3) is 11.1 Å². The van der Waals surface area contributed by atoms with Gasteiger partial charge in [0.05, 0.1) is 22.5 Å². The number of carbonyl (C=O) groups excluding carboxylic acids is 1. The van der Waals surface area contributed by atoms with E-state index in [2.05, 4.69) is 15.5 Å². The summed E-state index contributed by atoms with van der Waals surface area (Å²) in [5.74, 6) is 0.560. The van der Waals surface area contributed by atoms with Crippen LogP contribution in [-0.4, -0.2) is 16.0 Å². The lowest BCUT2D eigenvalue weighted by atomic mass is 10.2. The second-order valence-electron chi connectivity index (χ2n) is 5.90. The first-order chi connectivity index (χ1) is 13.1. The number of anilines is 1. The summed E-state index contributed by atoms with van der Waals surface area (Å²) in [6.07, 6.45) is 0. The van der Waals surface area contributed by atoms with Crippen LogP contribution in [-0.2, 0) is 5.75 Å². The number of hydrogen-bond acceptors (Lipinski definition) is 6. The zero-order chi connectivity index (χ0) is 18.8. The fourth-order valence-corrected chi connectivity index (χ4v) is 3.57. The third kappa shape index (κ3) is 3.80. The predicted molar refractivity (Wildman–Crippen MR) is 102 cm³/mol. The Morgan fingerprint density at radius 3 is 2.89 bits per heavy atom. The third-order valence-electron chi connectivity index (χ3n) is 3.86. The number of aromatic nitrogens is 2. The topological polar surface area (TPSA) is 101 Å². The fourth-order valence-electron chi connectivity index (χ4n) is 2.64. The van der Waals surface area contributed by atoms with Crippen LogP contribution in [0, 0.1) is 6.92 Å². The van der Waals surface area contributed by atoms with Crippen LogP contribution >= 0.6 is 11.8 Å². The van der Waals surface area contributed by atoms with Crippen LogP contribution in [0.15, 0.2) is 67.2 Å². The number of nitrogens with zero attached hydrogens (tertiary/aromatic N) is 1. The summed E-state index contributed by atoms with van der Waals surface area (Å²) in [5, 5.41) is 6.72. The van der Waals surface area contributed by atoms with Gasteiger partial charge in [0.25, 0.3) is 5.91 Å². The second-order valence-corrected chi connectivity index (χ2v) is 6.92. The Kier molecular flexibility index (Phi) is 4.55. The summed E-state index contributed by atoms with van der Waals surface area (Å²) in [5.41, 5.74) is 2.91. The van der Waals surface area contributed by atoms with Crippen LogP contribution in [0.5, 0.6) is 0 Å². The summed E-state index contributed by atoms with van der Waals surface area (Å²) in [6, 6.07) is 14.2. The van der Waals surface area contributed by atoms with Crippen molar-refractivity contribution < 1.29 is 13.7 Å². The monoisotopic (exact) mass is 381 g/mol. The van der Waals surface area contributed by atoms with E-state index in [0.29, 0.717) is 28.1 Å². The number of nitrogens with one attached hydrogen (secondary N) is 2. The highest BCUT2D eigenvalue weighted by Crippen LogP contribution is 2.27. The van der Waals surface area contributed by atoms with Crippen LogP contribution in [0.3, 0.4) is 0 Å². The van der Waals surface area contributed by atoms with Gasteiger partial charge < -0.3 is 14.3 Å². The van der Waals surface area contributed by atoms with E-state index in [4.69, 9.17) is 8.94 Å². The molecule has 2 heterocycles. The Hall–Kier alpha value is -3.26. The van der Waals surface area contributed by atoms with E-state index < -0.39 is 5.76 Å². The number of thioether (sulfide) groups is 1. The van der Waals surface area contributed by atoms with Gasteiger partial charge in [0, 0.05) is 16.6 Å². The Bertz CT molecular complexity index is 1170. The zero-order valence-corrected chi connectivity index (χ0v) is 15.1. The van der Waals surface area contributed by atoms with Gasteiger partial charge in [-0.25, -0.2) is 4.79 Å². The fraction of sp³-hybridized carbons (Fsp3) is 0.105. The van der Waals surface area contributed by atoms with E-state index in [1.54, 1.807) is 24.3 Å². The summed E-state index contributed by atoms with van der Waals surface area (Å²) in [7, 11) is 0. The van der Waals surface area contributed by atoms with Crippen molar-refractivity contribution in [2.24, 2.45) is 0 Å². The maximum atomic E-state index is 12.7. The van der Waals surface area contributed by atoms with Crippen molar-refractivity contribution in [2.45, 2.75) is 17.6 Å². The smallest absolute Gasteiger partial charge is 0.408 e. The van der Waals surface area contributed by atoms with Crippen molar-refractivity contribution in [1.29, 1.82) is 0 Å². The minimum Gasteiger partial charge on any atom is -0.408 e. The Morgan fingerprint density at radius 2 is 2.07 bits per heavy atom. The summed E-state index contributed by atoms with van der Waals surface area (Å²) < 4.78 is 10.2. The van der Waals surface area contributed by atoms with Crippen molar-refractivity contribution in [2.75, 3.05) is 5.32 Å². The predicted octanol–water partition coefficient (Wildman–Crippen LogP) is 3.96. The lowest BCUT2D eigenvalue weighted by Crippen LogP contribution is -2.12. The van der Waals surface area contributed by atoms with Gasteiger partial charge in [0.15, 0.2) is 5.58 Å². The van der Waals surface area contributed by atoms with Gasteiger partial charge in [0.2, 0.25) is 0 Å². The molecular formula is C19H15N3O4S. The minimum absolute atomic E-state index is 0.239. The first-order valence-electron chi connectivity index (χ1n) is 8.17. The maximum Gasteiger partial charge on any atom is 0.417 e. The molecule has 4 aromatic rings. The van der Waals surface area contributed by atoms with Gasteiger partial charge in [0.1, 0.15) is 5.76 Å². The van der Waals surface area contributed by atoms with Gasteiger partial charge >= 0.3 is 5.76 Å². The molecule has 27 heavy (non-hydrogen) atoms. The number of amides is 1. The molecule has 0 saturated heterocycles. The molecule has 0 aliphatic carbocycles. The average molecular weight is 381 g/mol. The van der Waals surface area contributed by atoms with Crippen molar-refractivity contribution in [1.82, 2.24) is 10.1 Å². The molecule has 1 amide bonds. The molecule has 8 heteroatoms. The van der Waals surface area contributed by atoms with E-state index in [0.717, 1.165) is 16.3 Å². The van der Waals surface area contributed by atoms with Gasteiger partial charge in [-0.3, -0.25) is 9.78 Å². The molecule has 0 radical (unpaired) electrons. The number of aryl methyl sites for hydroxylation is 1. The molecule has 0 aliphatic rings. The number of benzene rings is 2. The first-order valence-corrected chi connectivity index (χ1v) is 9.15. The molecule has 4 rings (SSSR count). The zero-order valence-electron chi connectivity index (χ0n) is 14.3. The molecule has 2 aromatic heterocycles. The van der Waals surface area contributed by atoms with Gasteiger partial charge in [-0.1, -0.05) is 17.3 Å². The van der Waals surface area contributed by atoms with E-state index in [1.807, 2.05) is 31.2 Å². The van der Waals surface area contributed by atoms with Crippen molar-refractivity contribution in [3.8, 4) is 0 Å². The van der Waals surface area contributed by atoms with Crippen molar-refractivity contribution >= 4 is 34.5 Å². The van der Waals surface area contributed by atoms with E-state index in [-0.39, 0.29) is 5.91 Å². The van der Waals surface area contributed by atoms with E-state index >= 15 is 0 Å². The number of oxazole rings is 1. The highest BCUT2D eigenvalue weighted by Gasteiger charge is 2.13. The van der Waals surface area contributed by atoms with Crippen LogP contribution < -0.4 is 11.1 Å². The molecule has 0 aliphatic heterocycles. The Balaban J connectivity index is 1.53. The first kappa shape index (κ1) is 17.2. The van der Waals surface area contributed by atoms with E-state index in [9.17, 15) is 9.59 Å². The molecule has 0 unspecified atom stereocenters. The molecule has 0 bridgehead atoms. The number of H-pyrrole nitrogens is 1.